The summed E-state index contributed by atoms with van der Waals surface area (Å²) in [6.45, 7) is 0. The third-order valence-electron chi connectivity index (χ3n) is 1.69. The van der Waals surface area contributed by atoms with Gasteiger partial charge in [0.05, 0.1) is 5.39 Å². The van der Waals surface area contributed by atoms with E-state index in [-0.39, 0.29) is 0 Å². The Labute approximate surface area is 67.6 Å². The highest BCUT2D eigenvalue weighted by Gasteiger charge is 2.04. The van der Waals surface area contributed by atoms with Crippen LogP contribution in [0.5, 0.6) is 0 Å². The van der Waals surface area contributed by atoms with Gasteiger partial charge in [-0.2, -0.15) is 0 Å². The second kappa shape index (κ2) is 2.44. The molecule has 1 aromatic carbocycles. The van der Waals surface area contributed by atoms with Crippen LogP contribution in [0.15, 0.2) is 28.9 Å². The topological polar surface area (TPSA) is 30.2 Å². The Morgan fingerprint density at radius 2 is 2.25 bits per heavy atom. The summed E-state index contributed by atoms with van der Waals surface area (Å²) in [6, 6.07) is 4.61. The first-order valence-electron chi connectivity index (χ1n) is 3.43. The molecule has 0 fully saturated rings. The lowest BCUT2D eigenvalue weighted by Gasteiger charge is -1.89. The molecule has 0 unspecified atom stereocenters. The van der Waals surface area contributed by atoms with Gasteiger partial charge >= 0.3 is 0 Å². The first kappa shape index (κ1) is 7.03. The molecule has 0 saturated heterocycles. The van der Waals surface area contributed by atoms with E-state index >= 15 is 0 Å². The maximum Gasteiger partial charge on any atom is 0.169 e. The first-order chi connectivity index (χ1) is 5.81. The molecule has 12 heavy (non-hydrogen) atoms. The minimum atomic E-state index is -0.436. The molecule has 0 bridgehead atoms. The van der Waals surface area contributed by atoms with E-state index in [9.17, 15) is 9.18 Å². The van der Waals surface area contributed by atoms with E-state index in [0.29, 0.717) is 22.8 Å². The predicted molar refractivity (Wildman–Crippen MR) is 41.6 cm³/mol. The van der Waals surface area contributed by atoms with Crippen molar-refractivity contribution in [3.05, 3.63) is 35.8 Å². The maximum absolute atomic E-state index is 12.9. The predicted octanol–water partition coefficient (Wildman–Crippen LogP) is 2.38. The van der Waals surface area contributed by atoms with Crippen molar-refractivity contribution in [1.82, 2.24) is 0 Å². The molecular formula is C9H5FO2. The van der Waals surface area contributed by atoms with E-state index in [2.05, 4.69) is 0 Å². The second-order valence-electron chi connectivity index (χ2n) is 2.46. The molecule has 60 valence electrons. The fourth-order valence-electron chi connectivity index (χ4n) is 1.09. The van der Waals surface area contributed by atoms with Crippen molar-refractivity contribution in [2.75, 3.05) is 0 Å². The van der Waals surface area contributed by atoms with Gasteiger partial charge in [-0.25, -0.2) is 4.39 Å². The molecule has 1 aromatic heterocycles. The molecule has 0 atom stereocenters. The number of carbonyl (C=O) groups excluding carboxylic acids is 1. The Morgan fingerprint density at radius 3 is 3.00 bits per heavy atom. The zero-order chi connectivity index (χ0) is 8.55. The zero-order valence-electron chi connectivity index (χ0n) is 6.08. The van der Waals surface area contributed by atoms with Crippen LogP contribution in [0.2, 0.25) is 0 Å². The van der Waals surface area contributed by atoms with E-state index in [1.807, 2.05) is 0 Å². The van der Waals surface area contributed by atoms with Crippen LogP contribution in [0.1, 0.15) is 10.4 Å². The van der Waals surface area contributed by atoms with Gasteiger partial charge in [0.2, 0.25) is 0 Å². The summed E-state index contributed by atoms with van der Waals surface area (Å²) in [5.41, 5.74) is 0.904. The van der Waals surface area contributed by atoms with Crippen LogP contribution in [-0.2, 0) is 0 Å². The van der Waals surface area contributed by atoms with Crippen LogP contribution < -0.4 is 0 Å². The number of halogens is 1. The molecule has 2 rings (SSSR count). The van der Waals surface area contributed by atoms with Crippen molar-refractivity contribution in [1.29, 1.82) is 0 Å². The number of rotatable bonds is 1. The summed E-state index contributed by atoms with van der Waals surface area (Å²) >= 11 is 0. The standard InChI is InChI=1S/C9H5FO2/c10-8-5-12-9-2-1-6(4-11)3-7(8)9/h1-5H. The summed E-state index contributed by atoms with van der Waals surface area (Å²) in [5.74, 6) is -0.436. The number of carbonyl (C=O) groups is 1. The Morgan fingerprint density at radius 1 is 1.42 bits per heavy atom. The van der Waals surface area contributed by atoms with Crippen LogP contribution >= 0.6 is 0 Å². The Bertz CT molecular complexity index is 431. The van der Waals surface area contributed by atoms with Crippen molar-refractivity contribution in [2.24, 2.45) is 0 Å². The van der Waals surface area contributed by atoms with Crippen LogP contribution in [0, 0.1) is 5.82 Å². The molecular weight excluding hydrogens is 159 g/mol. The van der Waals surface area contributed by atoms with Gasteiger partial charge in [0, 0.05) is 5.56 Å². The van der Waals surface area contributed by atoms with Gasteiger partial charge in [0.1, 0.15) is 18.1 Å². The summed E-state index contributed by atoms with van der Waals surface area (Å²) in [6.07, 6.45) is 1.70. The molecule has 2 nitrogen and oxygen atoms in total. The normalized spacial score (nSPS) is 10.4. The SMILES string of the molecule is O=Cc1ccc2occ(F)c2c1. The molecule has 0 aliphatic rings. The number of fused-ring (bicyclic) bond motifs is 1. The van der Waals surface area contributed by atoms with Gasteiger partial charge in [-0.05, 0) is 18.2 Å². The monoisotopic (exact) mass is 164 g/mol. The molecule has 3 heteroatoms. The van der Waals surface area contributed by atoms with Gasteiger partial charge in [0.25, 0.3) is 0 Å². The van der Waals surface area contributed by atoms with E-state index in [1.165, 1.54) is 6.07 Å². The highest BCUT2D eigenvalue weighted by molar-refractivity contribution is 5.86. The molecule has 0 N–H and O–H groups in total. The molecule has 0 saturated carbocycles. The van der Waals surface area contributed by atoms with Gasteiger partial charge < -0.3 is 4.42 Å². The lowest BCUT2D eigenvalue weighted by Crippen LogP contribution is -1.77. The largest absolute Gasteiger partial charge is 0.461 e. The molecule has 0 amide bonds. The van der Waals surface area contributed by atoms with Crippen molar-refractivity contribution in [2.45, 2.75) is 0 Å². The highest BCUT2D eigenvalue weighted by Crippen LogP contribution is 2.20. The number of benzene rings is 1. The van der Waals surface area contributed by atoms with Gasteiger partial charge in [0.15, 0.2) is 5.82 Å². The zero-order valence-corrected chi connectivity index (χ0v) is 6.08. The Balaban J connectivity index is 2.79. The second-order valence-corrected chi connectivity index (χ2v) is 2.46. The fourth-order valence-corrected chi connectivity index (χ4v) is 1.09. The van der Waals surface area contributed by atoms with Gasteiger partial charge in [-0.3, -0.25) is 4.79 Å². The highest BCUT2D eigenvalue weighted by atomic mass is 19.1. The van der Waals surface area contributed by atoms with Crippen LogP contribution in [0.3, 0.4) is 0 Å². The van der Waals surface area contributed by atoms with Gasteiger partial charge in [-0.15, -0.1) is 0 Å². The molecule has 0 aliphatic carbocycles. The summed E-state index contributed by atoms with van der Waals surface area (Å²) < 4.78 is 17.7. The van der Waals surface area contributed by atoms with Crippen molar-refractivity contribution >= 4 is 17.3 Å². The smallest absolute Gasteiger partial charge is 0.169 e. The first-order valence-corrected chi connectivity index (χ1v) is 3.43. The molecule has 1 heterocycles. The quantitative estimate of drug-likeness (QED) is 0.605. The lowest BCUT2D eigenvalue weighted by atomic mass is 10.2. The summed E-state index contributed by atoms with van der Waals surface area (Å²) in [5, 5.41) is 0.347. The Kier molecular flexibility index (Phi) is 1.43. The van der Waals surface area contributed by atoms with Crippen molar-refractivity contribution < 1.29 is 13.6 Å². The molecule has 0 aliphatic heterocycles. The number of aldehydes is 1. The third kappa shape index (κ3) is 0.906. The Hall–Kier alpha value is -1.64. The average Bonchev–Trinajstić information content (AvgIpc) is 2.47. The van der Waals surface area contributed by atoms with E-state index in [1.54, 1.807) is 12.1 Å². The van der Waals surface area contributed by atoms with E-state index in [0.717, 1.165) is 6.26 Å². The maximum atomic E-state index is 12.9. The fraction of sp³-hybridized carbons (Fsp3) is 0. The van der Waals surface area contributed by atoms with Crippen LogP contribution in [0.4, 0.5) is 4.39 Å². The van der Waals surface area contributed by atoms with Crippen LogP contribution in [0.25, 0.3) is 11.0 Å². The van der Waals surface area contributed by atoms with E-state index < -0.39 is 5.82 Å². The van der Waals surface area contributed by atoms with E-state index in [4.69, 9.17) is 4.42 Å². The number of hydrogen-bond acceptors (Lipinski definition) is 2. The molecule has 0 spiro atoms. The summed E-state index contributed by atoms with van der Waals surface area (Å²) in [4.78, 5) is 10.3. The average molecular weight is 164 g/mol. The molecule has 2 aromatic rings. The number of furan rings is 1. The molecule has 0 radical (unpaired) electrons. The van der Waals surface area contributed by atoms with Gasteiger partial charge in [-0.1, -0.05) is 0 Å². The summed E-state index contributed by atoms with van der Waals surface area (Å²) in [7, 11) is 0. The minimum absolute atomic E-state index is 0.347. The van der Waals surface area contributed by atoms with Crippen LogP contribution in [-0.4, -0.2) is 6.29 Å². The van der Waals surface area contributed by atoms with Crippen molar-refractivity contribution in [3.63, 3.8) is 0 Å². The lowest BCUT2D eigenvalue weighted by molar-refractivity contribution is 0.112. The minimum Gasteiger partial charge on any atom is -0.461 e. The third-order valence-corrected chi connectivity index (χ3v) is 1.69. The number of hydrogen-bond donors (Lipinski definition) is 0. The van der Waals surface area contributed by atoms with Crippen molar-refractivity contribution in [3.8, 4) is 0 Å².